The molecule has 1 aliphatic heterocycles. The Bertz CT molecular complexity index is 1100. The second-order valence-electron chi connectivity index (χ2n) is 10.9. The van der Waals surface area contributed by atoms with Gasteiger partial charge in [0.2, 0.25) is 5.91 Å². The number of phenols is 1. The molecule has 3 N–H and O–H groups in total. The van der Waals surface area contributed by atoms with Crippen LogP contribution in [-0.4, -0.2) is 45.8 Å². The number of nitrogens with zero attached hydrogens (tertiary/aromatic N) is 1. The Hall–Kier alpha value is -3.32. The lowest BCUT2D eigenvalue weighted by molar-refractivity contribution is -0.126. The Morgan fingerprint density at radius 2 is 1.78 bits per heavy atom. The van der Waals surface area contributed by atoms with E-state index in [1.165, 1.54) is 11.6 Å². The molecule has 1 saturated heterocycles. The van der Waals surface area contributed by atoms with Crippen molar-refractivity contribution < 1.29 is 24.5 Å². The third-order valence-corrected chi connectivity index (χ3v) is 6.16. The van der Waals surface area contributed by atoms with Crippen LogP contribution in [-0.2, 0) is 21.7 Å². The van der Waals surface area contributed by atoms with E-state index >= 15 is 0 Å². The van der Waals surface area contributed by atoms with Gasteiger partial charge in [-0.05, 0) is 82.2 Å². The van der Waals surface area contributed by atoms with Gasteiger partial charge >= 0.3 is 6.09 Å². The van der Waals surface area contributed by atoms with Gasteiger partial charge in [-0.2, -0.15) is 0 Å². The SMILES string of the molecule is CC(C)(C)OC(=O)NCc1cccc(C2CCN(C(=O)C=Cc3ccc(C(C)(C)O)c(O)c3)CC2)c1. The van der Waals surface area contributed by atoms with Crippen LogP contribution in [0.5, 0.6) is 5.75 Å². The molecule has 3 rings (SSSR count). The second-order valence-corrected chi connectivity index (χ2v) is 10.9. The molecule has 1 aliphatic rings. The Balaban J connectivity index is 1.52. The number of carbonyl (C=O) groups is 2. The van der Waals surface area contributed by atoms with Gasteiger partial charge in [-0.3, -0.25) is 4.79 Å². The number of rotatable bonds is 6. The number of nitrogens with one attached hydrogen (secondary N) is 1. The maximum absolute atomic E-state index is 12.7. The van der Waals surface area contributed by atoms with Crippen molar-refractivity contribution in [2.24, 2.45) is 0 Å². The summed E-state index contributed by atoms with van der Waals surface area (Å²) in [7, 11) is 0. The predicted molar refractivity (Wildman–Crippen MR) is 140 cm³/mol. The van der Waals surface area contributed by atoms with Gasteiger partial charge in [-0.15, -0.1) is 0 Å². The van der Waals surface area contributed by atoms with Gasteiger partial charge in [-0.25, -0.2) is 4.79 Å². The zero-order chi connectivity index (χ0) is 26.5. The lowest BCUT2D eigenvalue weighted by Gasteiger charge is -2.31. The van der Waals surface area contributed by atoms with Gasteiger partial charge in [0.05, 0.1) is 5.60 Å². The van der Waals surface area contributed by atoms with E-state index in [9.17, 15) is 19.8 Å². The third kappa shape index (κ3) is 7.85. The fraction of sp³-hybridized carbons (Fsp3) is 0.448. The predicted octanol–water partition coefficient (Wildman–Crippen LogP) is 5.06. The zero-order valence-electron chi connectivity index (χ0n) is 21.9. The van der Waals surface area contributed by atoms with Crippen molar-refractivity contribution in [2.75, 3.05) is 13.1 Å². The number of alkyl carbamates (subject to hydrolysis) is 1. The van der Waals surface area contributed by atoms with E-state index in [-0.39, 0.29) is 11.7 Å². The van der Waals surface area contributed by atoms with Crippen LogP contribution in [0.4, 0.5) is 4.79 Å². The summed E-state index contributed by atoms with van der Waals surface area (Å²) in [6.45, 7) is 10.5. The molecular weight excluding hydrogens is 456 g/mol. The maximum Gasteiger partial charge on any atom is 0.407 e. The number of hydrogen-bond acceptors (Lipinski definition) is 5. The molecule has 1 heterocycles. The maximum atomic E-state index is 12.7. The van der Waals surface area contributed by atoms with Crippen LogP contribution in [0, 0.1) is 0 Å². The third-order valence-electron chi connectivity index (χ3n) is 6.16. The number of carbonyl (C=O) groups excluding carboxylic acids is 2. The van der Waals surface area contributed by atoms with Crippen LogP contribution >= 0.6 is 0 Å². The molecule has 1 fully saturated rings. The summed E-state index contributed by atoms with van der Waals surface area (Å²) in [4.78, 5) is 26.5. The number of benzene rings is 2. The van der Waals surface area contributed by atoms with Crippen molar-refractivity contribution >= 4 is 18.1 Å². The average molecular weight is 495 g/mol. The van der Waals surface area contributed by atoms with Crippen LogP contribution < -0.4 is 5.32 Å². The molecule has 0 atom stereocenters. The highest BCUT2D eigenvalue weighted by atomic mass is 16.6. The normalized spacial score (nSPS) is 15.2. The monoisotopic (exact) mass is 494 g/mol. The minimum Gasteiger partial charge on any atom is -0.508 e. The standard InChI is InChI=1S/C29H38N2O5/c1-28(2,3)36-27(34)30-19-21-7-6-8-23(17-21)22-13-15-31(16-14-22)26(33)12-10-20-9-11-24(25(32)18-20)29(4,5)35/h6-12,17-18,22,32,35H,13-16,19H2,1-5H3,(H,30,34). The van der Waals surface area contributed by atoms with Crippen molar-refractivity contribution in [3.05, 3.63) is 70.8 Å². The van der Waals surface area contributed by atoms with Gasteiger partial charge in [0, 0.05) is 31.3 Å². The Labute approximate surface area is 213 Å². The molecule has 0 bridgehead atoms. The van der Waals surface area contributed by atoms with Gasteiger partial charge < -0.3 is 25.2 Å². The van der Waals surface area contributed by atoms with Gasteiger partial charge in [0.25, 0.3) is 0 Å². The molecule has 7 heteroatoms. The van der Waals surface area contributed by atoms with E-state index in [2.05, 4.69) is 17.4 Å². The number of amides is 2. The molecule has 2 aromatic rings. The summed E-state index contributed by atoms with van der Waals surface area (Å²) in [6.07, 6.45) is 4.51. The van der Waals surface area contributed by atoms with Crippen molar-refractivity contribution in [1.29, 1.82) is 0 Å². The summed E-state index contributed by atoms with van der Waals surface area (Å²) < 4.78 is 5.30. The second kappa shape index (κ2) is 11.2. The van der Waals surface area contributed by atoms with Crippen LogP contribution in [0.2, 0.25) is 0 Å². The number of hydrogen-bond donors (Lipinski definition) is 3. The average Bonchev–Trinajstić information content (AvgIpc) is 2.79. The molecule has 36 heavy (non-hydrogen) atoms. The Morgan fingerprint density at radius 3 is 2.39 bits per heavy atom. The van der Waals surface area contributed by atoms with Crippen LogP contribution in [0.3, 0.4) is 0 Å². The molecule has 7 nitrogen and oxygen atoms in total. The lowest BCUT2D eigenvalue weighted by atomic mass is 9.88. The first-order valence-electron chi connectivity index (χ1n) is 12.4. The fourth-order valence-corrected chi connectivity index (χ4v) is 4.32. The molecule has 0 saturated carbocycles. The Kier molecular flexibility index (Phi) is 8.46. The van der Waals surface area contributed by atoms with E-state index < -0.39 is 17.3 Å². The number of likely N-dealkylation sites (tertiary alicyclic amines) is 1. The van der Waals surface area contributed by atoms with Crippen molar-refractivity contribution in [2.45, 2.75) is 71.1 Å². The highest BCUT2D eigenvalue weighted by Gasteiger charge is 2.23. The topological polar surface area (TPSA) is 99.1 Å². The summed E-state index contributed by atoms with van der Waals surface area (Å²) >= 11 is 0. The molecule has 2 aromatic carbocycles. The van der Waals surface area contributed by atoms with E-state index in [0.29, 0.717) is 36.7 Å². The first-order chi connectivity index (χ1) is 16.8. The smallest absolute Gasteiger partial charge is 0.407 e. The molecule has 0 radical (unpaired) electrons. The van der Waals surface area contributed by atoms with E-state index in [0.717, 1.165) is 18.4 Å². The minimum atomic E-state index is -1.14. The summed E-state index contributed by atoms with van der Waals surface area (Å²) in [5.41, 5.74) is 1.69. The van der Waals surface area contributed by atoms with Crippen molar-refractivity contribution in [1.82, 2.24) is 10.2 Å². The quantitative estimate of drug-likeness (QED) is 0.488. The molecule has 194 valence electrons. The van der Waals surface area contributed by atoms with Crippen molar-refractivity contribution in [3.8, 4) is 5.75 Å². The number of aromatic hydroxyl groups is 1. The molecule has 2 amide bonds. The lowest BCUT2D eigenvalue weighted by Crippen LogP contribution is -2.36. The largest absolute Gasteiger partial charge is 0.508 e. The summed E-state index contributed by atoms with van der Waals surface area (Å²) in [5.74, 6) is 0.294. The highest BCUT2D eigenvalue weighted by Crippen LogP contribution is 2.31. The molecule has 0 spiro atoms. The van der Waals surface area contributed by atoms with Gasteiger partial charge in [-0.1, -0.05) is 36.4 Å². The summed E-state index contributed by atoms with van der Waals surface area (Å²) in [6, 6.07) is 13.2. The number of phenolic OH excluding ortho intramolecular Hbond substituents is 1. The first kappa shape index (κ1) is 27.3. The fourth-order valence-electron chi connectivity index (χ4n) is 4.32. The number of ether oxygens (including phenoxy) is 1. The molecular formula is C29H38N2O5. The minimum absolute atomic E-state index is 0.00133. The molecule has 0 aromatic heterocycles. The summed E-state index contributed by atoms with van der Waals surface area (Å²) in [5, 5.41) is 23.1. The molecule has 0 aliphatic carbocycles. The van der Waals surface area contributed by atoms with Gasteiger partial charge in [0.15, 0.2) is 0 Å². The molecule has 0 unspecified atom stereocenters. The van der Waals surface area contributed by atoms with Crippen LogP contribution in [0.25, 0.3) is 6.08 Å². The number of aliphatic hydroxyl groups is 1. The van der Waals surface area contributed by atoms with E-state index in [1.54, 1.807) is 38.1 Å². The first-order valence-corrected chi connectivity index (χ1v) is 12.4. The van der Waals surface area contributed by atoms with Gasteiger partial charge in [0.1, 0.15) is 11.4 Å². The van der Waals surface area contributed by atoms with Crippen LogP contribution in [0.1, 0.15) is 75.6 Å². The van der Waals surface area contributed by atoms with Crippen molar-refractivity contribution in [3.63, 3.8) is 0 Å². The number of piperidine rings is 1. The zero-order valence-corrected chi connectivity index (χ0v) is 21.9. The van der Waals surface area contributed by atoms with E-state index in [1.807, 2.05) is 37.8 Å². The van der Waals surface area contributed by atoms with E-state index in [4.69, 9.17) is 4.74 Å². The Morgan fingerprint density at radius 1 is 1.08 bits per heavy atom. The van der Waals surface area contributed by atoms with Crippen LogP contribution in [0.15, 0.2) is 48.5 Å². The highest BCUT2D eigenvalue weighted by molar-refractivity contribution is 5.92.